The van der Waals surface area contributed by atoms with E-state index in [1.807, 2.05) is 0 Å². The first-order chi connectivity index (χ1) is 10.9. The number of nitrogen functional groups attached to an aromatic ring is 1. The number of fused-ring (bicyclic) bond motifs is 1. The van der Waals surface area contributed by atoms with E-state index >= 15 is 0 Å². The summed E-state index contributed by atoms with van der Waals surface area (Å²) in [4.78, 5) is 28.1. The highest BCUT2D eigenvalue weighted by Crippen LogP contribution is 2.21. The Morgan fingerprint density at radius 3 is 2.35 bits per heavy atom. The molecule has 0 saturated heterocycles. The average Bonchev–Trinajstić information content (AvgIpc) is 2.47. The standard InChI is InChI=1S/C8H5ClN2O.C7H6ClNO2/c9-5-2-1-3-6-7(5)8(12)11-4-10-6;8-4-2-1-3-5(9)6(4)7(10)11/h1-4H,(H,10,11,12);1-3H,9H2,(H,10,11). The molecule has 0 bridgehead atoms. The van der Waals surface area contributed by atoms with E-state index in [-0.39, 0.29) is 21.8 Å². The number of nitrogens with one attached hydrogen (secondary N) is 1. The molecule has 0 aliphatic rings. The SMILES string of the molecule is Nc1cccc(Cl)c1C(=O)O.O=c1[nH]cnc2cccc(Cl)c12. The Hall–Kier alpha value is -2.57. The van der Waals surface area contributed by atoms with Gasteiger partial charge in [-0.1, -0.05) is 35.3 Å². The molecule has 23 heavy (non-hydrogen) atoms. The van der Waals surface area contributed by atoms with Crippen LogP contribution in [-0.2, 0) is 0 Å². The zero-order chi connectivity index (χ0) is 17.0. The monoisotopic (exact) mass is 351 g/mol. The summed E-state index contributed by atoms with van der Waals surface area (Å²) in [6, 6.07) is 9.76. The molecule has 3 aromatic rings. The molecule has 4 N–H and O–H groups in total. The van der Waals surface area contributed by atoms with Crippen molar-refractivity contribution in [3.63, 3.8) is 0 Å². The smallest absolute Gasteiger partial charge is 0.339 e. The number of hydrogen-bond acceptors (Lipinski definition) is 4. The fraction of sp³-hybridized carbons (Fsp3) is 0. The topological polar surface area (TPSA) is 109 Å². The van der Waals surface area contributed by atoms with Gasteiger partial charge in [0.05, 0.1) is 27.3 Å². The van der Waals surface area contributed by atoms with E-state index < -0.39 is 5.97 Å². The molecule has 0 aliphatic carbocycles. The van der Waals surface area contributed by atoms with Crippen LogP contribution in [0.5, 0.6) is 0 Å². The molecule has 118 valence electrons. The van der Waals surface area contributed by atoms with Gasteiger partial charge in [0.25, 0.3) is 5.56 Å². The normalized spacial score (nSPS) is 10.0. The zero-order valence-electron chi connectivity index (χ0n) is 11.6. The van der Waals surface area contributed by atoms with Crippen LogP contribution in [-0.4, -0.2) is 21.0 Å². The number of H-pyrrole nitrogens is 1. The third-order valence-electron chi connectivity index (χ3n) is 2.88. The van der Waals surface area contributed by atoms with Crippen LogP contribution in [0.4, 0.5) is 5.69 Å². The molecule has 3 rings (SSSR count). The largest absolute Gasteiger partial charge is 0.478 e. The number of nitrogens with two attached hydrogens (primary N) is 1. The van der Waals surface area contributed by atoms with Gasteiger partial charge in [0.2, 0.25) is 0 Å². The molecule has 1 aromatic heterocycles. The van der Waals surface area contributed by atoms with Crippen LogP contribution in [0.15, 0.2) is 47.5 Å². The number of benzene rings is 2. The summed E-state index contributed by atoms with van der Waals surface area (Å²) < 4.78 is 0. The second-order valence-corrected chi connectivity index (χ2v) is 5.19. The lowest BCUT2D eigenvalue weighted by Gasteiger charge is -2.00. The van der Waals surface area contributed by atoms with Crippen molar-refractivity contribution in [2.75, 3.05) is 5.73 Å². The van der Waals surface area contributed by atoms with Gasteiger partial charge in [-0.2, -0.15) is 0 Å². The fourth-order valence-electron chi connectivity index (χ4n) is 1.84. The molecule has 0 amide bonds. The molecular weight excluding hydrogens is 341 g/mol. The third kappa shape index (κ3) is 3.80. The first-order valence-corrected chi connectivity index (χ1v) is 7.06. The second-order valence-electron chi connectivity index (χ2n) is 4.37. The van der Waals surface area contributed by atoms with Crippen molar-refractivity contribution in [3.8, 4) is 0 Å². The molecule has 8 heteroatoms. The Bertz CT molecular complexity index is 900. The second kappa shape index (κ2) is 7.13. The van der Waals surface area contributed by atoms with E-state index in [1.54, 1.807) is 24.3 Å². The van der Waals surface area contributed by atoms with Gasteiger partial charge in [-0.3, -0.25) is 4.79 Å². The van der Waals surface area contributed by atoms with Crippen LogP contribution in [0.2, 0.25) is 10.0 Å². The highest BCUT2D eigenvalue weighted by Gasteiger charge is 2.10. The quantitative estimate of drug-likeness (QED) is 0.583. The predicted octanol–water partition coefficient (Wildman–Crippen LogP) is 3.20. The van der Waals surface area contributed by atoms with Crippen LogP contribution < -0.4 is 11.3 Å². The molecule has 0 unspecified atom stereocenters. The van der Waals surface area contributed by atoms with Crippen molar-refractivity contribution >= 4 is 45.8 Å². The molecule has 6 nitrogen and oxygen atoms in total. The van der Waals surface area contributed by atoms with Gasteiger partial charge in [0.1, 0.15) is 5.56 Å². The van der Waals surface area contributed by atoms with Crippen molar-refractivity contribution in [2.45, 2.75) is 0 Å². The van der Waals surface area contributed by atoms with E-state index in [0.29, 0.717) is 15.9 Å². The minimum Gasteiger partial charge on any atom is -0.478 e. The van der Waals surface area contributed by atoms with Gasteiger partial charge in [0, 0.05) is 5.69 Å². The molecule has 0 fully saturated rings. The molecule has 0 aliphatic heterocycles. The fourth-order valence-corrected chi connectivity index (χ4v) is 2.36. The average molecular weight is 352 g/mol. The van der Waals surface area contributed by atoms with Crippen LogP contribution in [0.25, 0.3) is 10.9 Å². The van der Waals surface area contributed by atoms with Gasteiger partial charge < -0.3 is 15.8 Å². The summed E-state index contributed by atoms with van der Waals surface area (Å²) in [6.07, 6.45) is 1.36. The van der Waals surface area contributed by atoms with Crippen molar-refractivity contribution in [1.82, 2.24) is 9.97 Å². The number of aromatic carboxylic acids is 1. The summed E-state index contributed by atoms with van der Waals surface area (Å²) in [5.41, 5.74) is 5.92. The number of hydrogen-bond donors (Lipinski definition) is 3. The minimum atomic E-state index is -1.10. The molecular formula is C15H11Cl2N3O3. The van der Waals surface area contributed by atoms with Gasteiger partial charge in [-0.25, -0.2) is 9.78 Å². The number of halogens is 2. The summed E-state index contributed by atoms with van der Waals surface area (Å²) in [6.45, 7) is 0. The van der Waals surface area contributed by atoms with E-state index in [1.165, 1.54) is 18.5 Å². The maximum absolute atomic E-state index is 11.2. The maximum Gasteiger partial charge on any atom is 0.339 e. The number of nitrogens with zero attached hydrogens (tertiary/aromatic N) is 1. The summed E-state index contributed by atoms with van der Waals surface area (Å²) >= 11 is 11.4. The number of carboxylic acids is 1. The Morgan fingerprint density at radius 2 is 1.78 bits per heavy atom. The Balaban J connectivity index is 0.000000168. The van der Waals surface area contributed by atoms with Crippen LogP contribution >= 0.6 is 23.2 Å². The highest BCUT2D eigenvalue weighted by molar-refractivity contribution is 6.35. The van der Waals surface area contributed by atoms with Crippen LogP contribution in [0.1, 0.15) is 10.4 Å². The van der Waals surface area contributed by atoms with Gasteiger partial charge in [0.15, 0.2) is 0 Å². The number of aromatic nitrogens is 2. The van der Waals surface area contributed by atoms with Crippen molar-refractivity contribution in [1.29, 1.82) is 0 Å². The maximum atomic E-state index is 11.2. The Morgan fingerprint density at radius 1 is 1.13 bits per heavy atom. The Kier molecular flexibility index (Phi) is 5.20. The summed E-state index contributed by atoms with van der Waals surface area (Å²) in [7, 11) is 0. The Labute approximate surface area is 140 Å². The van der Waals surface area contributed by atoms with Crippen LogP contribution in [0, 0.1) is 0 Å². The van der Waals surface area contributed by atoms with E-state index in [4.69, 9.17) is 34.0 Å². The summed E-state index contributed by atoms with van der Waals surface area (Å²) in [5, 5.41) is 9.62. The first-order valence-electron chi connectivity index (χ1n) is 6.31. The molecule has 0 atom stereocenters. The van der Waals surface area contributed by atoms with Crippen molar-refractivity contribution < 1.29 is 9.90 Å². The van der Waals surface area contributed by atoms with Crippen molar-refractivity contribution in [2.24, 2.45) is 0 Å². The summed E-state index contributed by atoms with van der Waals surface area (Å²) in [5.74, 6) is -1.10. The van der Waals surface area contributed by atoms with E-state index in [9.17, 15) is 9.59 Å². The number of carboxylic acid groups (broad SMARTS) is 1. The molecule has 1 heterocycles. The molecule has 0 spiro atoms. The first kappa shape index (κ1) is 16.8. The zero-order valence-corrected chi connectivity index (χ0v) is 13.1. The number of aromatic amines is 1. The molecule has 2 aromatic carbocycles. The van der Waals surface area contributed by atoms with Crippen LogP contribution in [0.3, 0.4) is 0 Å². The van der Waals surface area contributed by atoms with Gasteiger partial charge >= 0.3 is 5.97 Å². The lowest BCUT2D eigenvalue weighted by molar-refractivity contribution is 0.0698. The van der Waals surface area contributed by atoms with Gasteiger partial charge in [-0.05, 0) is 24.3 Å². The number of anilines is 1. The van der Waals surface area contributed by atoms with E-state index in [2.05, 4.69) is 9.97 Å². The lowest BCUT2D eigenvalue weighted by Crippen LogP contribution is -2.06. The predicted molar refractivity (Wildman–Crippen MR) is 90.2 cm³/mol. The van der Waals surface area contributed by atoms with E-state index in [0.717, 1.165) is 0 Å². The van der Waals surface area contributed by atoms with Gasteiger partial charge in [-0.15, -0.1) is 0 Å². The third-order valence-corrected chi connectivity index (χ3v) is 3.51. The number of carbonyl (C=O) groups is 1. The number of rotatable bonds is 1. The molecule has 0 saturated carbocycles. The highest BCUT2D eigenvalue weighted by atomic mass is 35.5. The lowest BCUT2D eigenvalue weighted by atomic mass is 10.2. The minimum absolute atomic E-state index is 0.0332. The van der Waals surface area contributed by atoms with Crippen molar-refractivity contribution in [3.05, 3.63) is 68.7 Å². The molecule has 0 radical (unpaired) electrons.